The van der Waals surface area contributed by atoms with Crippen molar-refractivity contribution in [2.45, 2.75) is 31.8 Å². The van der Waals surface area contributed by atoms with E-state index in [4.69, 9.17) is 4.74 Å². The summed E-state index contributed by atoms with van der Waals surface area (Å²) in [6.07, 6.45) is 1.95. The molecule has 172 valence electrons. The van der Waals surface area contributed by atoms with Crippen LogP contribution in [0.2, 0.25) is 0 Å². The average Bonchev–Trinajstić information content (AvgIpc) is 3.54. The van der Waals surface area contributed by atoms with Gasteiger partial charge in [0, 0.05) is 55.9 Å². The van der Waals surface area contributed by atoms with Gasteiger partial charge in [0.15, 0.2) is 0 Å². The lowest BCUT2D eigenvalue weighted by molar-refractivity contribution is -0.145. The van der Waals surface area contributed by atoms with Gasteiger partial charge in [0.05, 0.1) is 13.2 Å². The highest BCUT2D eigenvalue weighted by Crippen LogP contribution is 2.30. The van der Waals surface area contributed by atoms with E-state index in [9.17, 15) is 9.59 Å². The van der Waals surface area contributed by atoms with E-state index in [2.05, 4.69) is 38.7 Å². The molecule has 3 heterocycles. The van der Waals surface area contributed by atoms with Crippen LogP contribution < -0.4 is 15.0 Å². The Morgan fingerprint density at radius 3 is 2.28 bits per heavy atom. The van der Waals surface area contributed by atoms with Gasteiger partial charge in [-0.05, 0) is 55.5 Å². The second-order valence-corrected chi connectivity index (χ2v) is 9.42. The van der Waals surface area contributed by atoms with Gasteiger partial charge in [-0.3, -0.25) is 14.5 Å². The van der Waals surface area contributed by atoms with Crippen LogP contribution in [-0.2, 0) is 9.59 Å². The maximum absolute atomic E-state index is 12.7. The quantitative estimate of drug-likeness (QED) is 0.677. The SMILES string of the molecule is COc1ccc(N2CCN([C@H](c3cccs3)[C@@H](C)NC(=O)C(=O)N3CCCC3)CC2)cc1. The first-order chi connectivity index (χ1) is 15.6. The Kier molecular flexibility index (Phi) is 7.32. The van der Waals surface area contributed by atoms with E-state index >= 15 is 0 Å². The Morgan fingerprint density at radius 1 is 1.00 bits per heavy atom. The number of methoxy groups -OCH3 is 1. The normalized spacial score (nSPS) is 18.9. The predicted octanol–water partition coefficient (Wildman–Crippen LogP) is 2.75. The van der Waals surface area contributed by atoms with Crippen molar-refractivity contribution in [3.63, 3.8) is 0 Å². The number of nitrogens with one attached hydrogen (secondary N) is 1. The Balaban J connectivity index is 1.41. The van der Waals surface area contributed by atoms with Crippen LogP contribution in [0.1, 0.15) is 30.7 Å². The monoisotopic (exact) mass is 456 g/mol. The Bertz CT molecular complexity index is 888. The first kappa shape index (κ1) is 22.6. The zero-order valence-corrected chi connectivity index (χ0v) is 19.6. The lowest BCUT2D eigenvalue weighted by atomic mass is 10.0. The molecule has 0 saturated carbocycles. The standard InChI is InChI=1S/C24H32N4O3S/c1-18(25-23(29)24(30)28-11-3-4-12-28)22(21-6-5-17-32-21)27-15-13-26(14-16-27)19-7-9-20(31-2)10-8-19/h5-10,17-18,22H,3-4,11-16H2,1-2H3,(H,25,29)/t18-,22+/m1/s1. The van der Waals surface area contributed by atoms with E-state index in [1.807, 2.05) is 25.1 Å². The number of hydrogen-bond acceptors (Lipinski definition) is 6. The highest BCUT2D eigenvalue weighted by Gasteiger charge is 2.33. The summed E-state index contributed by atoms with van der Waals surface area (Å²) in [7, 11) is 1.68. The maximum atomic E-state index is 12.7. The summed E-state index contributed by atoms with van der Waals surface area (Å²) in [5.74, 6) is -0.0281. The molecule has 2 aliphatic heterocycles. The van der Waals surface area contributed by atoms with E-state index in [1.165, 1.54) is 10.6 Å². The van der Waals surface area contributed by atoms with Crippen LogP contribution in [0.3, 0.4) is 0 Å². The molecule has 0 unspecified atom stereocenters. The molecule has 0 aliphatic carbocycles. The van der Waals surface area contributed by atoms with E-state index in [0.717, 1.165) is 44.8 Å². The minimum atomic E-state index is -0.488. The van der Waals surface area contributed by atoms with Gasteiger partial charge in [-0.25, -0.2) is 0 Å². The molecule has 2 aliphatic rings. The van der Waals surface area contributed by atoms with E-state index in [-0.39, 0.29) is 12.1 Å². The average molecular weight is 457 g/mol. The van der Waals surface area contributed by atoms with Crippen LogP contribution in [0.4, 0.5) is 5.69 Å². The third-order valence-corrected chi connectivity index (χ3v) is 7.34. The predicted molar refractivity (Wildman–Crippen MR) is 127 cm³/mol. The molecule has 1 aromatic carbocycles. The number of carbonyl (C=O) groups is 2. The van der Waals surface area contributed by atoms with Crippen molar-refractivity contribution in [1.29, 1.82) is 0 Å². The molecule has 0 bridgehead atoms. The minimum Gasteiger partial charge on any atom is -0.497 e. The molecule has 4 rings (SSSR count). The van der Waals surface area contributed by atoms with Crippen LogP contribution in [-0.4, -0.2) is 74.0 Å². The Hall–Kier alpha value is -2.58. The van der Waals surface area contributed by atoms with Gasteiger partial charge in [0.1, 0.15) is 5.75 Å². The fourth-order valence-electron chi connectivity index (χ4n) is 4.66. The van der Waals surface area contributed by atoms with Gasteiger partial charge in [-0.15, -0.1) is 11.3 Å². The number of hydrogen-bond donors (Lipinski definition) is 1. The van der Waals surface area contributed by atoms with Gasteiger partial charge in [-0.1, -0.05) is 6.07 Å². The van der Waals surface area contributed by atoms with Crippen molar-refractivity contribution in [2.24, 2.45) is 0 Å². The summed E-state index contributed by atoms with van der Waals surface area (Å²) in [5, 5.41) is 5.07. The molecule has 8 heteroatoms. The zero-order valence-electron chi connectivity index (χ0n) is 18.8. The van der Waals surface area contributed by atoms with Crippen LogP contribution >= 0.6 is 11.3 Å². The zero-order chi connectivity index (χ0) is 22.5. The third kappa shape index (κ3) is 5.07. The third-order valence-electron chi connectivity index (χ3n) is 6.40. The second kappa shape index (κ2) is 10.4. The molecule has 0 spiro atoms. The smallest absolute Gasteiger partial charge is 0.311 e. The molecule has 2 aromatic rings. The van der Waals surface area contributed by atoms with Crippen molar-refractivity contribution in [3.05, 3.63) is 46.7 Å². The molecule has 32 heavy (non-hydrogen) atoms. The minimum absolute atomic E-state index is 0.0448. The van der Waals surface area contributed by atoms with Gasteiger partial charge < -0.3 is 19.9 Å². The Labute approximate surface area is 193 Å². The van der Waals surface area contributed by atoms with E-state index in [1.54, 1.807) is 23.3 Å². The lowest BCUT2D eigenvalue weighted by Crippen LogP contribution is -2.54. The van der Waals surface area contributed by atoms with Gasteiger partial charge in [-0.2, -0.15) is 0 Å². The first-order valence-corrected chi connectivity index (χ1v) is 12.2. The molecule has 1 aromatic heterocycles. The first-order valence-electron chi connectivity index (χ1n) is 11.3. The van der Waals surface area contributed by atoms with Crippen molar-refractivity contribution < 1.29 is 14.3 Å². The van der Waals surface area contributed by atoms with Crippen molar-refractivity contribution >= 4 is 28.8 Å². The van der Waals surface area contributed by atoms with Crippen molar-refractivity contribution in [3.8, 4) is 5.75 Å². The summed E-state index contributed by atoms with van der Waals surface area (Å²) in [6.45, 7) is 6.95. The number of amides is 2. The van der Waals surface area contributed by atoms with Gasteiger partial charge >= 0.3 is 11.8 Å². The number of piperazine rings is 1. The number of nitrogens with zero attached hydrogens (tertiary/aromatic N) is 3. The topological polar surface area (TPSA) is 65.1 Å². The van der Waals surface area contributed by atoms with Crippen molar-refractivity contribution in [2.75, 3.05) is 51.3 Å². The fraction of sp³-hybridized carbons (Fsp3) is 0.500. The van der Waals surface area contributed by atoms with Gasteiger partial charge in [0.25, 0.3) is 0 Å². The van der Waals surface area contributed by atoms with E-state index < -0.39 is 11.8 Å². The van der Waals surface area contributed by atoms with Crippen LogP contribution in [0.5, 0.6) is 5.75 Å². The number of carbonyl (C=O) groups excluding carboxylic acids is 2. The molecule has 2 atom stereocenters. The molecule has 1 N–H and O–H groups in total. The molecular formula is C24H32N4O3S. The highest BCUT2D eigenvalue weighted by molar-refractivity contribution is 7.10. The molecular weight excluding hydrogens is 424 g/mol. The fourth-order valence-corrected chi connectivity index (χ4v) is 5.63. The summed E-state index contributed by atoms with van der Waals surface area (Å²) < 4.78 is 5.27. The largest absolute Gasteiger partial charge is 0.497 e. The molecule has 2 amide bonds. The molecule has 7 nitrogen and oxygen atoms in total. The summed E-state index contributed by atoms with van der Waals surface area (Å²) >= 11 is 1.70. The van der Waals surface area contributed by atoms with Crippen LogP contribution in [0.25, 0.3) is 0 Å². The summed E-state index contributed by atoms with van der Waals surface area (Å²) in [5.41, 5.74) is 1.19. The number of likely N-dealkylation sites (tertiary alicyclic amines) is 1. The number of benzene rings is 1. The molecule has 2 saturated heterocycles. The van der Waals surface area contributed by atoms with Gasteiger partial charge in [0.2, 0.25) is 0 Å². The maximum Gasteiger partial charge on any atom is 0.311 e. The number of ether oxygens (including phenoxy) is 1. The van der Waals surface area contributed by atoms with E-state index in [0.29, 0.717) is 13.1 Å². The van der Waals surface area contributed by atoms with Crippen LogP contribution in [0.15, 0.2) is 41.8 Å². The van der Waals surface area contributed by atoms with Crippen molar-refractivity contribution in [1.82, 2.24) is 15.1 Å². The molecule has 2 fully saturated rings. The van der Waals surface area contributed by atoms with Crippen LogP contribution in [0, 0.1) is 0 Å². The summed E-state index contributed by atoms with van der Waals surface area (Å²) in [6, 6.07) is 12.2. The number of anilines is 1. The lowest BCUT2D eigenvalue weighted by Gasteiger charge is -2.42. The Morgan fingerprint density at radius 2 is 1.69 bits per heavy atom. The summed E-state index contributed by atoms with van der Waals surface area (Å²) in [4.78, 5) is 32.8. The highest BCUT2D eigenvalue weighted by atomic mass is 32.1. The molecule has 0 radical (unpaired) electrons. The number of rotatable bonds is 6. The second-order valence-electron chi connectivity index (χ2n) is 8.44. The number of thiophene rings is 1.